The summed E-state index contributed by atoms with van der Waals surface area (Å²) in [6, 6.07) is 19.1. The molecule has 2 amide bonds. The summed E-state index contributed by atoms with van der Waals surface area (Å²) in [5, 5.41) is 13.1. The summed E-state index contributed by atoms with van der Waals surface area (Å²) < 4.78 is 51.9. The molecule has 0 bridgehead atoms. The molecule has 0 radical (unpaired) electrons. The van der Waals surface area contributed by atoms with Crippen LogP contribution in [-0.2, 0) is 28.7 Å². The van der Waals surface area contributed by atoms with Crippen LogP contribution in [0, 0.1) is 5.92 Å². The summed E-state index contributed by atoms with van der Waals surface area (Å²) in [6.45, 7) is 7.11. The van der Waals surface area contributed by atoms with E-state index >= 15 is 0 Å². The summed E-state index contributed by atoms with van der Waals surface area (Å²) >= 11 is 0. The third-order valence-electron chi connectivity index (χ3n) is 8.77. The maximum Gasteiger partial charge on any atom is 0.416 e. The van der Waals surface area contributed by atoms with Gasteiger partial charge in [0, 0.05) is 37.8 Å². The van der Waals surface area contributed by atoms with Crippen LogP contribution in [0.25, 0.3) is 0 Å². The van der Waals surface area contributed by atoms with Gasteiger partial charge in [0.1, 0.15) is 5.75 Å². The predicted octanol–water partition coefficient (Wildman–Crippen LogP) is 6.81. The number of amides is 2. The van der Waals surface area contributed by atoms with Gasteiger partial charge < -0.3 is 24.8 Å². The first-order valence-electron chi connectivity index (χ1n) is 16.9. The van der Waals surface area contributed by atoms with Gasteiger partial charge >= 0.3 is 6.18 Å². The summed E-state index contributed by atoms with van der Waals surface area (Å²) in [6.07, 6.45) is -2.34. The number of anilines is 1. The molecule has 2 N–H and O–H groups in total. The highest BCUT2D eigenvalue weighted by atomic mass is 19.4. The number of aliphatic hydroxyl groups excluding tert-OH is 1. The lowest BCUT2D eigenvalue weighted by Gasteiger charge is -2.36. The third-order valence-corrected chi connectivity index (χ3v) is 8.77. The summed E-state index contributed by atoms with van der Waals surface area (Å²) in [5.41, 5.74) is 1.66. The fraction of sp³-hybridized carbons (Fsp3) is 0.474. The van der Waals surface area contributed by atoms with Gasteiger partial charge in [-0.15, -0.1) is 0 Å². The second-order valence-electron chi connectivity index (χ2n) is 13.1. The van der Waals surface area contributed by atoms with Crippen LogP contribution in [0.2, 0.25) is 0 Å². The third kappa shape index (κ3) is 11.3. The molecule has 1 heterocycles. The van der Waals surface area contributed by atoms with E-state index in [0.717, 1.165) is 42.5 Å². The van der Waals surface area contributed by atoms with Gasteiger partial charge in [0.25, 0.3) is 5.91 Å². The Balaban J connectivity index is 1.56. The Hall–Kier alpha value is -3.93. The molecule has 0 saturated carbocycles. The Morgan fingerprint density at radius 2 is 1.76 bits per heavy atom. The number of aliphatic hydroxyl groups is 1. The Morgan fingerprint density at radius 1 is 1.04 bits per heavy atom. The minimum Gasteiger partial charge on any atom is -0.490 e. The zero-order valence-corrected chi connectivity index (χ0v) is 28.7. The maximum absolute atomic E-state index is 14.3. The van der Waals surface area contributed by atoms with Crippen molar-refractivity contribution in [2.45, 2.75) is 77.4 Å². The number of likely N-dealkylation sites (N-methyl/N-ethyl adjacent to an activating group) is 1. The van der Waals surface area contributed by atoms with Crippen LogP contribution in [0.5, 0.6) is 5.75 Å². The van der Waals surface area contributed by atoms with Crippen molar-refractivity contribution in [3.05, 3.63) is 95.1 Å². The molecule has 3 aromatic rings. The minimum absolute atomic E-state index is 0.173. The number of carbonyl (C=O) groups excluding carboxylic acids is 2. The summed E-state index contributed by atoms with van der Waals surface area (Å²) in [7, 11) is 1.89. The van der Waals surface area contributed by atoms with E-state index in [2.05, 4.69) is 5.32 Å². The Kier molecular flexibility index (Phi) is 13.6. The van der Waals surface area contributed by atoms with Crippen molar-refractivity contribution < 1.29 is 37.3 Å². The fourth-order valence-electron chi connectivity index (χ4n) is 5.93. The van der Waals surface area contributed by atoms with Crippen LogP contribution in [0.1, 0.15) is 67.1 Å². The number of hydrogen-bond acceptors (Lipinski definition) is 6. The van der Waals surface area contributed by atoms with Crippen molar-refractivity contribution in [3.8, 4) is 5.75 Å². The molecular weight excluding hydrogens is 635 g/mol. The van der Waals surface area contributed by atoms with Gasteiger partial charge in [-0.1, -0.05) is 49.4 Å². The predicted molar refractivity (Wildman–Crippen MR) is 183 cm³/mol. The zero-order valence-electron chi connectivity index (χ0n) is 28.7. The number of alkyl halides is 3. The molecule has 0 fully saturated rings. The average molecular weight is 684 g/mol. The van der Waals surface area contributed by atoms with E-state index < -0.39 is 17.8 Å². The molecule has 49 heavy (non-hydrogen) atoms. The van der Waals surface area contributed by atoms with Gasteiger partial charge in [0.2, 0.25) is 5.91 Å². The molecular formula is C38H48F3N3O5. The number of hydrogen-bond donors (Lipinski definition) is 2. The molecule has 0 saturated heterocycles. The normalized spacial score (nSPS) is 20.2. The Morgan fingerprint density at radius 3 is 2.43 bits per heavy atom. The molecule has 4 atom stereocenters. The van der Waals surface area contributed by atoms with Gasteiger partial charge in [0.15, 0.2) is 0 Å². The molecule has 11 heteroatoms. The van der Waals surface area contributed by atoms with Crippen molar-refractivity contribution in [2.24, 2.45) is 5.92 Å². The average Bonchev–Trinajstić information content (AvgIpc) is 3.06. The van der Waals surface area contributed by atoms with E-state index in [0.29, 0.717) is 31.1 Å². The van der Waals surface area contributed by atoms with Gasteiger partial charge in [-0.2, -0.15) is 13.2 Å². The highest BCUT2D eigenvalue weighted by Gasteiger charge is 2.32. The van der Waals surface area contributed by atoms with Gasteiger partial charge in [-0.25, -0.2) is 0 Å². The number of carbonyl (C=O) groups is 2. The van der Waals surface area contributed by atoms with E-state index in [1.165, 1.54) is 12.1 Å². The SMILES string of the molecule is C[C@H]1CCCCO[C@@H](CN(C)Cc2ccc(C(F)(F)F)cc2)[C@@H](C)CN([C@@H](C)CO)C(=O)c2cc(NC(=O)Cc3ccccc3)ccc2O1. The first-order chi connectivity index (χ1) is 23.3. The largest absolute Gasteiger partial charge is 0.490 e. The van der Waals surface area contributed by atoms with Crippen molar-refractivity contribution in [1.82, 2.24) is 9.80 Å². The number of rotatable bonds is 9. The van der Waals surface area contributed by atoms with E-state index in [1.807, 2.05) is 56.1 Å². The van der Waals surface area contributed by atoms with E-state index in [-0.39, 0.29) is 55.1 Å². The Bertz CT molecular complexity index is 1500. The summed E-state index contributed by atoms with van der Waals surface area (Å²) in [4.78, 5) is 30.9. The zero-order chi connectivity index (χ0) is 35.6. The number of ether oxygens (including phenoxy) is 2. The standard InChI is InChI=1S/C38H48F3N3O5/c1-26-22-44(27(2)25-45)37(47)33-21-32(42-36(46)20-29-11-6-5-7-12-29)17-18-34(33)49-28(3)10-8-9-19-48-35(26)24-43(4)23-30-13-15-31(16-14-30)38(39,40)41/h5-7,11-18,21,26-28,35,45H,8-10,19-20,22-25H2,1-4H3,(H,42,46)/t26-,27-,28-,35-/m0/s1. The molecule has 4 rings (SSSR count). The fourth-order valence-corrected chi connectivity index (χ4v) is 5.93. The number of benzene rings is 3. The van der Waals surface area contributed by atoms with E-state index in [4.69, 9.17) is 9.47 Å². The topological polar surface area (TPSA) is 91.3 Å². The molecule has 266 valence electrons. The van der Waals surface area contributed by atoms with Crippen LogP contribution in [-0.4, -0.2) is 78.3 Å². The van der Waals surface area contributed by atoms with Crippen LogP contribution < -0.4 is 10.1 Å². The lowest BCUT2D eigenvalue weighted by molar-refractivity contribution is -0.137. The second kappa shape index (κ2) is 17.6. The van der Waals surface area contributed by atoms with Crippen molar-refractivity contribution in [1.29, 1.82) is 0 Å². The van der Waals surface area contributed by atoms with Gasteiger partial charge in [-0.3, -0.25) is 14.5 Å². The van der Waals surface area contributed by atoms with Crippen LogP contribution >= 0.6 is 0 Å². The lowest BCUT2D eigenvalue weighted by Crippen LogP contribution is -2.47. The van der Waals surface area contributed by atoms with Gasteiger partial charge in [0.05, 0.1) is 42.4 Å². The highest BCUT2D eigenvalue weighted by Crippen LogP contribution is 2.30. The van der Waals surface area contributed by atoms with Crippen LogP contribution in [0.3, 0.4) is 0 Å². The summed E-state index contributed by atoms with van der Waals surface area (Å²) in [5.74, 6) is -0.331. The van der Waals surface area contributed by atoms with Crippen molar-refractivity contribution >= 4 is 17.5 Å². The quantitative estimate of drug-likeness (QED) is 0.258. The second-order valence-corrected chi connectivity index (χ2v) is 13.1. The monoisotopic (exact) mass is 683 g/mol. The first kappa shape index (κ1) is 37.9. The molecule has 8 nitrogen and oxygen atoms in total. The molecule has 1 aliphatic heterocycles. The van der Waals surface area contributed by atoms with Gasteiger partial charge in [-0.05, 0) is 81.6 Å². The molecule has 0 aliphatic carbocycles. The number of nitrogens with one attached hydrogen (secondary N) is 1. The molecule has 0 spiro atoms. The minimum atomic E-state index is -4.39. The maximum atomic E-state index is 14.3. The smallest absolute Gasteiger partial charge is 0.416 e. The lowest BCUT2D eigenvalue weighted by atomic mass is 10.0. The number of nitrogens with zero attached hydrogens (tertiary/aromatic N) is 2. The first-order valence-corrected chi connectivity index (χ1v) is 16.9. The van der Waals surface area contributed by atoms with E-state index in [1.54, 1.807) is 30.0 Å². The molecule has 0 unspecified atom stereocenters. The van der Waals surface area contributed by atoms with Crippen LogP contribution in [0.4, 0.5) is 18.9 Å². The number of halogens is 3. The van der Waals surface area contributed by atoms with Crippen molar-refractivity contribution in [2.75, 3.05) is 38.7 Å². The van der Waals surface area contributed by atoms with E-state index in [9.17, 15) is 27.9 Å². The van der Waals surface area contributed by atoms with Crippen LogP contribution in [0.15, 0.2) is 72.8 Å². The molecule has 3 aromatic carbocycles. The van der Waals surface area contributed by atoms with Crippen molar-refractivity contribution in [3.63, 3.8) is 0 Å². The molecule has 0 aromatic heterocycles. The Labute approximate surface area is 287 Å². The number of fused-ring (bicyclic) bond motifs is 1. The molecule has 1 aliphatic rings. The highest BCUT2D eigenvalue weighted by molar-refractivity contribution is 6.00.